The lowest BCUT2D eigenvalue weighted by Crippen LogP contribution is -2.50. The molecule has 0 aromatic carbocycles. The summed E-state index contributed by atoms with van der Waals surface area (Å²) in [7, 11) is -11.4. The van der Waals surface area contributed by atoms with E-state index >= 15 is 0 Å². The molecule has 0 heterocycles. The van der Waals surface area contributed by atoms with Gasteiger partial charge < -0.3 is 55.0 Å². The van der Waals surface area contributed by atoms with E-state index in [0.29, 0.717) is 0 Å². The Kier molecular flexibility index (Phi) is 12.7. The molecule has 1 unspecified atom stereocenters. The zero-order chi connectivity index (χ0) is 26.3. The van der Waals surface area contributed by atoms with E-state index in [2.05, 4.69) is 13.6 Å². The predicted molar refractivity (Wildman–Crippen MR) is 95.1 cm³/mol. The fourth-order valence-corrected chi connectivity index (χ4v) is 3.25. The highest BCUT2D eigenvalue weighted by Crippen LogP contribution is 2.46. The second kappa shape index (κ2) is 13.1. The molecule has 0 aromatic rings. The molecule has 19 nitrogen and oxygen atoms in total. The summed E-state index contributed by atoms with van der Waals surface area (Å²) in [5.74, 6) is -4.39. The smallest absolute Gasteiger partial charge is 0.394 e. The summed E-state index contributed by atoms with van der Waals surface area (Å²) in [4.78, 5) is 49.7. The first-order valence-corrected chi connectivity index (χ1v) is 11.4. The normalized spacial score (nSPS) is 21.5. The molecule has 0 aliphatic carbocycles. The van der Waals surface area contributed by atoms with Gasteiger partial charge in [-0.2, -0.15) is 0 Å². The Balaban J connectivity index is 5.49. The Morgan fingerprint density at radius 2 is 1.09 bits per heavy atom. The Labute approximate surface area is 183 Å². The van der Waals surface area contributed by atoms with E-state index in [1.807, 2.05) is 0 Å². The molecular formula is C12H24O19P2. The second-order valence-electron chi connectivity index (χ2n) is 6.21. The third-order valence-corrected chi connectivity index (χ3v) is 4.97. The van der Waals surface area contributed by atoms with Crippen LogP contribution in [0.4, 0.5) is 0 Å². The predicted octanol–water partition coefficient (Wildman–Crippen LogP) is -6.84. The fourth-order valence-electron chi connectivity index (χ4n) is 1.96. The van der Waals surface area contributed by atoms with Gasteiger partial charge in [-0.05, 0) is 0 Å². The van der Waals surface area contributed by atoms with Crippen molar-refractivity contribution in [3.8, 4) is 0 Å². The van der Waals surface area contributed by atoms with E-state index in [4.69, 9.17) is 25.1 Å². The molecule has 21 heteroatoms. The number of carbonyl (C=O) groups is 2. The topological polar surface area (TPSA) is 339 Å². The van der Waals surface area contributed by atoms with Gasteiger partial charge in [-0.1, -0.05) is 0 Å². The van der Waals surface area contributed by atoms with Gasteiger partial charge in [-0.15, -0.1) is 0 Å². The number of aliphatic hydroxyl groups is 9. The van der Waals surface area contributed by atoms with Gasteiger partial charge in [-0.25, -0.2) is 18.7 Å². The maximum atomic E-state index is 12.0. The second-order valence-corrected chi connectivity index (χ2v) is 8.71. The van der Waals surface area contributed by atoms with Crippen LogP contribution < -0.4 is 0 Å². The first-order chi connectivity index (χ1) is 14.9. The van der Waals surface area contributed by atoms with E-state index in [-0.39, 0.29) is 0 Å². The van der Waals surface area contributed by atoms with Crippen LogP contribution in [-0.2, 0) is 32.3 Å². The average Bonchev–Trinajstić information content (AvgIpc) is 2.71. The minimum Gasteiger partial charge on any atom is -0.394 e. The van der Waals surface area contributed by atoms with Crippen LogP contribution in [0, 0.1) is 0 Å². The number of rotatable bonds is 14. The van der Waals surface area contributed by atoms with E-state index < -0.39 is 89.6 Å². The molecule has 33 heavy (non-hydrogen) atoms. The number of carbonyl (C=O) groups excluding carboxylic acids is 2. The summed E-state index contributed by atoms with van der Waals surface area (Å²) in [5, 5.41) is 84.3. The Hall–Kier alpha value is -1.12. The molecule has 12 N–H and O–H groups in total. The van der Waals surface area contributed by atoms with Gasteiger partial charge in [0.05, 0.1) is 13.2 Å². The van der Waals surface area contributed by atoms with Crippen molar-refractivity contribution in [1.29, 1.82) is 0 Å². The molecule has 0 amide bonds. The maximum absolute atomic E-state index is 12.0. The van der Waals surface area contributed by atoms with Gasteiger partial charge in [0.2, 0.25) is 0 Å². The number of hydrogen-bond acceptors (Lipinski definition) is 16. The van der Waals surface area contributed by atoms with Crippen LogP contribution >= 0.6 is 15.6 Å². The Bertz CT molecular complexity index is 738. The third-order valence-electron chi connectivity index (χ3n) is 3.63. The van der Waals surface area contributed by atoms with Crippen LogP contribution in [0.1, 0.15) is 0 Å². The zero-order valence-corrected chi connectivity index (χ0v) is 17.9. The Morgan fingerprint density at radius 1 is 0.667 bits per heavy atom. The van der Waals surface area contributed by atoms with E-state index in [9.17, 15) is 54.3 Å². The van der Waals surface area contributed by atoms with E-state index in [0.717, 1.165) is 0 Å². The van der Waals surface area contributed by atoms with Crippen molar-refractivity contribution in [1.82, 2.24) is 0 Å². The van der Waals surface area contributed by atoms with Crippen molar-refractivity contribution >= 4 is 27.6 Å². The van der Waals surface area contributed by atoms with Gasteiger partial charge in [-0.3, -0.25) is 19.2 Å². The van der Waals surface area contributed by atoms with Crippen molar-refractivity contribution in [2.24, 2.45) is 0 Å². The largest absolute Gasteiger partial charge is 0.530 e. The van der Waals surface area contributed by atoms with Crippen LogP contribution in [0.5, 0.6) is 0 Å². The molecule has 0 bridgehead atoms. The van der Waals surface area contributed by atoms with Gasteiger partial charge in [0, 0.05) is 0 Å². The van der Waals surface area contributed by atoms with Crippen molar-refractivity contribution in [2.45, 2.75) is 48.8 Å². The number of phosphoric acid groups is 2. The summed E-state index contributed by atoms with van der Waals surface area (Å²) >= 11 is 0. The highest BCUT2D eigenvalue weighted by atomic mass is 31.2. The number of aliphatic hydroxyl groups excluding tert-OH is 9. The zero-order valence-electron chi connectivity index (χ0n) is 16.2. The van der Waals surface area contributed by atoms with Crippen LogP contribution in [0.3, 0.4) is 0 Å². The van der Waals surface area contributed by atoms with Crippen molar-refractivity contribution in [2.75, 3.05) is 13.2 Å². The molecule has 0 spiro atoms. The van der Waals surface area contributed by atoms with Crippen LogP contribution in [0.25, 0.3) is 0 Å². The minimum absolute atomic E-state index is 1.13. The monoisotopic (exact) mass is 534 g/mol. The SMILES string of the molecule is O=C(OP(=O)(O)O[C@@H]([C@H](O)[C@@H](O)C(=O)OP(=O)(O)O)[C@H](O)CO)[C@H](O)[C@@H](O)[C@H](O)[C@H](O)CO. The third kappa shape index (κ3) is 10.4. The highest BCUT2D eigenvalue weighted by Gasteiger charge is 2.45. The van der Waals surface area contributed by atoms with Gasteiger partial charge >= 0.3 is 27.6 Å². The molecule has 196 valence electrons. The summed E-state index contributed by atoms with van der Waals surface area (Å²) in [6.45, 7) is -2.52. The van der Waals surface area contributed by atoms with Crippen LogP contribution in [-0.4, -0.2) is 135 Å². The summed E-state index contributed by atoms with van der Waals surface area (Å²) in [6.07, 6.45) is -20.7. The van der Waals surface area contributed by atoms with Crippen molar-refractivity contribution in [3.63, 3.8) is 0 Å². The lowest BCUT2D eigenvalue weighted by molar-refractivity contribution is -0.168. The van der Waals surface area contributed by atoms with Gasteiger partial charge in [0.25, 0.3) is 0 Å². The summed E-state index contributed by atoms with van der Waals surface area (Å²) in [6, 6.07) is 0. The molecule has 0 aromatic heterocycles. The quantitative estimate of drug-likeness (QED) is 0.0921. The molecule has 0 fully saturated rings. The maximum Gasteiger partial charge on any atom is 0.530 e. The molecule has 0 aliphatic rings. The number of phosphoric ester groups is 2. The molecule has 9 atom stereocenters. The molecule has 0 saturated carbocycles. The van der Waals surface area contributed by atoms with Crippen LogP contribution in [0.2, 0.25) is 0 Å². The average molecular weight is 534 g/mol. The molecule has 0 rings (SSSR count). The van der Waals surface area contributed by atoms with E-state index in [1.54, 1.807) is 0 Å². The minimum atomic E-state index is -5.85. The Morgan fingerprint density at radius 3 is 1.52 bits per heavy atom. The molecular weight excluding hydrogens is 510 g/mol. The van der Waals surface area contributed by atoms with Crippen LogP contribution in [0.15, 0.2) is 0 Å². The highest BCUT2D eigenvalue weighted by molar-refractivity contribution is 7.48. The summed E-state index contributed by atoms with van der Waals surface area (Å²) in [5.41, 5.74) is 0. The standard InChI is InChI=1S/C12H24O19P2/c13-1-3(15)5(17)6(18)8(20)12(23)31-33(27,28)29-10(4(16)2-14)7(19)9(21)11(22)30-32(24,25)26/h3-10,13-21H,1-2H2,(H,27,28)(H2,24,25,26)/t3-,4-,5-,6+,7-,8-,9-,10-/m1/s1. The first-order valence-electron chi connectivity index (χ1n) is 8.40. The molecule has 0 saturated heterocycles. The first kappa shape index (κ1) is 31.9. The van der Waals surface area contributed by atoms with Crippen molar-refractivity contribution in [3.05, 3.63) is 0 Å². The lowest BCUT2D eigenvalue weighted by Gasteiger charge is -2.30. The fraction of sp³-hybridized carbons (Fsp3) is 0.833. The molecule has 0 radical (unpaired) electrons. The van der Waals surface area contributed by atoms with Crippen molar-refractivity contribution < 1.29 is 92.9 Å². The van der Waals surface area contributed by atoms with Gasteiger partial charge in [0.1, 0.15) is 36.6 Å². The lowest BCUT2D eigenvalue weighted by atomic mass is 10.0. The van der Waals surface area contributed by atoms with Gasteiger partial charge in [0.15, 0.2) is 12.2 Å². The number of hydrogen-bond donors (Lipinski definition) is 12. The molecule has 0 aliphatic heterocycles. The summed E-state index contributed by atoms with van der Waals surface area (Å²) < 4.78 is 34.1. The van der Waals surface area contributed by atoms with E-state index in [1.165, 1.54) is 0 Å².